The molecule has 0 aliphatic carbocycles. The van der Waals surface area contributed by atoms with Crippen LogP contribution in [0.15, 0.2) is 24.3 Å². The van der Waals surface area contributed by atoms with E-state index in [-0.39, 0.29) is 24.3 Å². The number of carbonyl (C=O) groups excluding carboxylic acids is 2. The Morgan fingerprint density at radius 1 is 1.16 bits per heavy atom. The summed E-state index contributed by atoms with van der Waals surface area (Å²) >= 11 is 5.92. The number of carbonyl (C=O) groups is 2. The Bertz CT molecular complexity index is 526. The van der Waals surface area contributed by atoms with Crippen LogP contribution < -0.4 is 4.90 Å². The number of hydrogen-bond donors (Lipinski definition) is 0. The smallest absolute Gasteiger partial charge is 0.251 e. The first kappa shape index (κ1) is 12.6. The van der Waals surface area contributed by atoms with E-state index in [2.05, 4.69) is 4.90 Å². The van der Waals surface area contributed by atoms with Gasteiger partial charge in [0, 0.05) is 5.02 Å². The van der Waals surface area contributed by atoms with Gasteiger partial charge in [0.15, 0.2) is 0 Å². The van der Waals surface area contributed by atoms with Crippen molar-refractivity contribution in [2.45, 2.75) is 25.3 Å². The van der Waals surface area contributed by atoms with Gasteiger partial charge in [-0.2, -0.15) is 0 Å². The van der Waals surface area contributed by atoms with Gasteiger partial charge in [0.25, 0.3) is 5.91 Å². The summed E-state index contributed by atoms with van der Waals surface area (Å²) in [5, 5.41) is 0.530. The molecule has 0 radical (unpaired) electrons. The van der Waals surface area contributed by atoms with Crippen molar-refractivity contribution < 1.29 is 9.59 Å². The summed E-state index contributed by atoms with van der Waals surface area (Å²) in [4.78, 5) is 27.9. The molecule has 0 saturated carbocycles. The lowest BCUT2D eigenvalue weighted by Gasteiger charge is -2.21. The van der Waals surface area contributed by atoms with Crippen LogP contribution in [0.4, 0.5) is 5.69 Å². The molecule has 4 nitrogen and oxygen atoms in total. The van der Waals surface area contributed by atoms with Crippen molar-refractivity contribution in [1.82, 2.24) is 4.90 Å². The lowest BCUT2D eigenvalue weighted by atomic mass is 10.2. The second-order valence-corrected chi connectivity index (χ2v) is 5.45. The van der Waals surface area contributed by atoms with Crippen molar-refractivity contribution >= 4 is 29.1 Å². The van der Waals surface area contributed by atoms with Gasteiger partial charge in [-0.3, -0.25) is 14.5 Å². The Morgan fingerprint density at radius 2 is 1.89 bits per heavy atom. The van der Waals surface area contributed by atoms with Gasteiger partial charge < -0.3 is 0 Å². The van der Waals surface area contributed by atoms with Gasteiger partial charge >= 0.3 is 0 Å². The monoisotopic (exact) mass is 278 g/mol. The van der Waals surface area contributed by atoms with E-state index in [4.69, 9.17) is 11.6 Å². The van der Waals surface area contributed by atoms with Crippen LogP contribution in [0.25, 0.3) is 0 Å². The van der Waals surface area contributed by atoms with Crippen molar-refractivity contribution in [3.8, 4) is 0 Å². The number of imide groups is 1. The zero-order chi connectivity index (χ0) is 13.4. The highest BCUT2D eigenvalue weighted by molar-refractivity contribution is 6.31. The van der Waals surface area contributed by atoms with E-state index in [0.717, 1.165) is 25.9 Å². The molecule has 2 saturated heterocycles. The van der Waals surface area contributed by atoms with Crippen molar-refractivity contribution in [2.75, 3.05) is 18.0 Å². The molecule has 19 heavy (non-hydrogen) atoms. The molecular weight excluding hydrogens is 264 g/mol. The molecule has 0 spiro atoms. The molecular formula is C14H15ClN2O2. The zero-order valence-corrected chi connectivity index (χ0v) is 11.3. The Morgan fingerprint density at radius 3 is 2.58 bits per heavy atom. The number of likely N-dealkylation sites (tertiary alicyclic amines) is 1. The van der Waals surface area contributed by atoms with Crippen molar-refractivity contribution in [3.05, 3.63) is 29.3 Å². The number of nitrogens with zero attached hydrogens (tertiary/aromatic N) is 2. The van der Waals surface area contributed by atoms with E-state index in [9.17, 15) is 9.59 Å². The van der Waals surface area contributed by atoms with Crippen LogP contribution in [0, 0.1) is 0 Å². The summed E-state index contributed by atoms with van der Waals surface area (Å²) in [6.45, 7) is 1.82. The summed E-state index contributed by atoms with van der Waals surface area (Å²) in [5.41, 5.74) is 0.573. The molecule has 1 atom stereocenters. The topological polar surface area (TPSA) is 40.6 Å². The maximum atomic E-state index is 12.4. The van der Waals surface area contributed by atoms with Crippen LogP contribution in [0.1, 0.15) is 19.3 Å². The van der Waals surface area contributed by atoms with Crippen LogP contribution in [0.5, 0.6) is 0 Å². The molecule has 0 aromatic heterocycles. The molecule has 0 N–H and O–H groups in total. The SMILES string of the molecule is O=C1C[C@@H](N2CCCC2)C(=O)N1c1cccc(Cl)c1. The molecule has 1 aromatic carbocycles. The summed E-state index contributed by atoms with van der Waals surface area (Å²) in [5.74, 6) is -0.252. The van der Waals surface area contributed by atoms with Crippen molar-refractivity contribution in [2.24, 2.45) is 0 Å². The molecule has 2 fully saturated rings. The highest BCUT2D eigenvalue weighted by Gasteiger charge is 2.43. The van der Waals surface area contributed by atoms with Crippen LogP contribution >= 0.6 is 11.6 Å². The summed E-state index contributed by atoms with van der Waals surface area (Å²) < 4.78 is 0. The third-order valence-electron chi connectivity index (χ3n) is 3.77. The van der Waals surface area contributed by atoms with Crippen LogP contribution in [0.2, 0.25) is 5.02 Å². The number of rotatable bonds is 2. The fourth-order valence-electron chi connectivity index (χ4n) is 2.84. The van der Waals surface area contributed by atoms with Gasteiger partial charge in [-0.1, -0.05) is 17.7 Å². The lowest BCUT2D eigenvalue weighted by Crippen LogP contribution is -2.40. The van der Waals surface area contributed by atoms with Crippen LogP contribution in [0.3, 0.4) is 0 Å². The van der Waals surface area contributed by atoms with E-state index < -0.39 is 0 Å². The van der Waals surface area contributed by atoms with Gasteiger partial charge in [-0.05, 0) is 44.1 Å². The first-order valence-corrected chi connectivity index (χ1v) is 6.91. The highest BCUT2D eigenvalue weighted by Crippen LogP contribution is 2.28. The molecule has 2 aliphatic rings. The quantitative estimate of drug-likeness (QED) is 0.778. The Labute approximate surface area is 116 Å². The molecule has 2 amide bonds. The van der Waals surface area contributed by atoms with E-state index in [1.54, 1.807) is 24.3 Å². The average molecular weight is 279 g/mol. The standard InChI is InChI=1S/C14H15ClN2O2/c15-10-4-3-5-11(8-10)17-13(18)9-12(14(17)19)16-6-1-2-7-16/h3-5,8,12H,1-2,6-7,9H2/t12-/m1/s1. The zero-order valence-electron chi connectivity index (χ0n) is 10.5. The maximum Gasteiger partial charge on any atom is 0.251 e. The van der Waals surface area contributed by atoms with E-state index in [1.165, 1.54) is 4.90 Å². The van der Waals surface area contributed by atoms with Gasteiger partial charge in [-0.15, -0.1) is 0 Å². The molecule has 2 aliphatic heterocycles. The highest BCUT2D eigenvalue weighted by atomic mass is 35.5. The number of halogens is 1. The third-order valence-corrected chi connectivity index (χ3v) is 4.01. The summed E-state index contributed by atoms with van der Waals surface area (Å²) in [6.07, 6.45) is 2.50. The van der Waals surface area contributed by atoms with E-state index in [0.29, 0.717) is 10.7 Å². The second-order valence-electron chi connectivity index (χ2n) is 5.01. The largest absolute Gasteiger partial charge is 0.292 e. The minimum absolute atomic E-state index is 0.117. The Kier molecular flexibility index (Phi) is 3.29. The molecule has 3 rings (SSSR count). The average Bonchev–Trinajstić information content (AvgIpc) is 2.97. The molecule has 2 heterocycles. The van der Waals surface area contributed by atoms with Crippen LogP contribution in [-0.4, -0.2) is 35.8 Å². The minimum Gasteiger partial charge on any atom is -0.292 e. The summed E-state index contributed by atoms with van der Waals surface area (Å²) in [6, 6.07) is 6.60. The fourth-order valence-corrected chi connectivity index (χ4v) is 3.03. The van der Waals surface area contributed by atoms with Crippen LogP contribution in [-0.2, 0) is 9.59 Å². The van der Waals surface area contributed by atoms with Gasteiger partial charge in [0.2, 0.25) is 5.91 Å². The number of benzene rings is 1. The Hall–Kier alpha value is -1.39. The van der Waals surface area contributed by atoms with Gasteiger partial charge in [0.05, 0.1) is 18.2 Å². The number of hydrogen-bond acceptors (Lipinski definition) is 3. The first-order chi connectivity index (χ1) is 9.16. The molecule has 0 unspecified atom stereocenters. The lowest BCUT2D eigenvalue weighted by molar-refractivity contribution is -0.122. The number of amides is 2. The van der Waals surface area contributed by atoms with Gasteiger partial charge in [-0.25, -0.2) is 4.90 Å². The maximum absolute atomic E-state index is 12.4. The third kappa shape index (κ3) is 2.26. The van der Waals surface area contributed by atoms with Crippen molar-refractivity contribution in [1.29, 1.82) is 0 Å². The van der Waals surface area contributed by atoms with E-state index >= 15 is 0 Å². The predicted octanol–water partition coefficient (Wildman–Crippen LogP) is 2.07. The first-order valence-electron chi connectivity index (χ1n) is 6.53. The fraction of sp³-hybridized carbons (Fsp3) is 0.429. The van der Waals surface area contributed by atoms with Gasteiger partial charge in [0.1, 0.15) is 0 Å². The second kappa shape index (κ2) is 4.94. The minimum atomic E-state index is -0.283. The van der Waals surface area contributed by atoms with E-state index in [1.807, 2.05) is 0 Å². The normalized spacial score (nSPS) is 24.5. The molecule has 5 heteroatoms. The number of anilines is 1. The van der Waals surface area contributed by atoms with Crippen molar-refractivity contribution in [3.63, 3.8) is 0 Å². The Balaban J connectivity index is 1.86. The molecule has 1 aromatic rings. The molecule has 0 bridgehead atoms. The predicted molar refractivity (Wildman–Crippen MR) is 73.2 cm³/mol. The summed E-state index contributed by atoms with van der Waals surface area (Å²) in [7, 11) is 0. The molecule has 100 valence electrons.